The molecule has 0 unspecified atom stereocenters. The molecule has 1 aliphatic rings. The number of nitrogens with zero attached hydrogens (tertiary/aromatic N) is 3. The minimum absolute atomic E-state index is 0.151. The van der Waals surface area contributed by atoms with Crippen molar-refractivity contribution in [3.05, 3.63) is 53.9 Å². The molecule has 9 heteroatoms. The molecular formula is C23H26F3N3O3. The summed E-state index contributed by atoms with van der Waals surface area (Å²) in [6, 6.07) is 9.91. The van der Waals surface area contributed by atoms with E-state index in [0.29, 0.717) is 49.4 Å². The van der Waals surface area contributed by atoms with E-state index in [2.05, 4.69) is 9.88 Å². The summed E-state index contributed by atoms with van der Waals surface area (Å²) in [5.74, 6) is 1.41. The number of pyridine rings is 1. The molecule has 1 N–H and O–H groups in total. The van der Waals surface area contributed by atoms with E-state index >= 15 is 0 Å². The summed E-state index contributed by atoms with van der Waals surface area (Å²) in [6.45, 7) is 1.58. The van der Waals surface area contributed by atoms with Crippen molar-refractivity contribution in [3.63, 3.8) is 0 Å². The number of aromatic nitrogens is 2. The van der Waals surface area contributed by atoms with Gasteiger partial charge in [-0.2, -0.15) is 13.2 Å². The molecule has 0 bridgehead atoms. The Labute approximate surface area is 184 Å². The second-order valence-corrected chi connectivity index (χ2v) is 8.21. The van der Waals surface area contributed by atoms with Gasteiger partial charge in [-0.3, -0.25) is 4.90 Å². The summed E-state index contributed by atoms with van der Waals surface area (Å²) >= 11 is 0. The Morgan fingerprint density at radius 3 is 2.50 bits per heavy atom. The van der Waals surface area contributed by atoms with Gasteiger partial charge in [-0.1, -0.05) is 6.07 Å². The van der Waals surface area contributed by atoms with E-state index in [9.17, 15) is 18.3 Å². The fourth-order valence-electron chi connectivity index (χ4n) is 4.29. The van der Waals surface area contributed by atoms with Gasteiger partial charge < -0.3 is 19.1 Å². The average Bonchev–Trinajstić information content (AvgIpc) is 3.14. The second kappa shape index (κ2) is 8.63. The Bertz CT molecular complexity index is 1090. The Morgan fingerprint density at radius 2 is 1.84 bits per heavy atom. The van der Waals surface area contributed by atoms with Crippen molar-refractivity contribution in [2.24, 2.45) is 0 Å². The SMILES string of the molecule is COc1ccc(CN2CCC(O)(Cn3c(C(F)(F)F)cc4cccnc43)CC2)c(OC)c1. The summed E-state index contributed by atoms with van der Waals surface area (Å²) in [4.78, 5) is 6.30. The van der Waals surface area contributed by atoms with Crippen LogP contribution in [0.25, 0.3) is 11.0 Å². The highest BCUT2D eigenvalue weighted by Crippen LogP contribution is 2.36. The highest BCUT2D eigenvalue weighted by Gasteiger charge is 2.39. The number of hydrogen-bond acceptors (Lipinski definition) is 5. The number of aliphatic hydroxyl groups is 1. The number of methoxy groups -OCH3 is 2. The molecule has 2 aromatic heterocycles. The molecule has 1 aliphatic heterocycles. The molecule has 0 atom stereocenters. The maximum absolute atomic E-state index is 13.6. The minimum Gasteiger partial charge on any atom is -0.497 e. The van der Waals surface area contributed by atoms with Gasteiger partial charge >= 0.3 is 6.18 Å². The molecular weight excluding hydrogens is 423 g/mol. The first-order chi connectivity index (χ1) is 15.2. The van der Waals surface area contributed by atoms with Gasteiger partial charge in [0.05, 0.1) is 26.4 Å². The maximum Gasteiger partial charge on any atom is 0.431 e. The first-order valence-corrected chi connectivity index (χ1v) is 10.4. The number of hydrogen-bond donors (Lipinski definition) is 1. The summed E-state index contributed by atoms with van der Waals surface area (Å²) in [5, 5.41) is 11.6. The van der Waals surface area contributed by atoms with Gasteiger partial charge in [0.15, 0.2) is 0 Å². The number of alkyl halides is 3. The van der Waals surface area contributed by atoms with Crippen LogP contribution in [0.5, 0.6) is 11.5 Å². The molecule has 3 aromatic rings. The Balaban J connectivity index is 1.49. The van der Waals surface area contributed by atoms with Crippen molar-refractivity contribution in [2.75, 3.05) is 27.3 Å². The van der Waals surface area contributed by atoms with Gasteiger partial charge in [0, 0.05) is 42.8 Å². The molecule has 0 amide bonds. The predicted octanol–water partition coefficient (Wildman–Crippen LogP) is 4.10. The third kappa shape index (κ3) is 4.54. The highest BCUT2D eigenvalue weighted by atomic mass is 19.4. The Morgan fingerprint density at radius 1 is 1.09 bits per heavy atom. The van der Waals surface area contributed by atoms with Crippen molar-refractivity contribution in [2.45, 2.75) is 37.7 Å². The van der Waals surface area contributed by atoms with E-state index in [1.54, 1.807) is 26.4 Å². The zero-order valence-electron chi connectivity index (χ0n) is 18.0. The van der Waals surface area contributed by atoms with Crippen LogP contribution in [0.15, 0.2) is 42.6 Å². The Hall–Kier alpha value is -2.78. The van der Waals surface area contributed by atoms with Crippen molar-refractivity contribution < 1.29 is 27.8 Å². The average molecular weight is 449 g/mol. The fraction of sp³-hybridized carbons (Fsp3) is 0.435. The highest BCUT2D eigenvalue weighted by molar-refractivity contribution is 5.77. The lowest BCUT2D eigenvalue weighted by Crippen LogP contribution is -2.46. The third-order valence-corrected chi connectivity index (χ3v) is 6.07. The van der Waals surface area contributed by atoms with Crippen LogP contribution >= 0.6 is 0 Å². The first kappa shape index (κ1) is 22.4. The molecule has 0 spiro atoms. The summed E-state index contributed by atoms with van der Waals surface area (Å²) < 4.78 is 52.7. The number of benzene rings is 1. The van der Waals surface area contributed by atoms with Crippen LogP contribution < -0.4 is 9.47 Å². The molecule has 32 heavy (non-hydrogen) atoms. The van der Waals surface area contributed by atoms with Crippen LogP contribution in [0.4, 0.5) is 13.2 Å². The van der Waals surface area contributed by atoms with Crippen molar-refractivity contribution in [3.8, 4) is 11.5 Å². The molecule has 172 valence electrons. The van der Waals surface area contributed by atoms with Gasteiger partial charge in [-0.25, -0.2) is 4.98 Å². The van der Waals surface area contributed by atoms with Crippen molar-refractivity contribution in [1.29, 1.82) is 0 Å². The standard InChI is InChI=1S/C23H26F3N3O3/c1-31-18-6-5-17(19(13-18)32-2)14-28-10-7-22(30,8-11-28)15-29-20(23(24,25)26)12-16-4-3-9-27-21(16)29/h3-6,9,12-13,30H,7-8,10-11,14-15H2,1-2H3. The van der Waals surface area contributed by atoms with E-state index in [1.807, 2.05) is 18.2 Å². The normalized spacial score (nSPS) is 16.9. The van der Waals surface area contributed by atoms with Crippen LogP contribution in [0.1, 0.15) is 24.1 Å². The molecule has 0 aliphatic carbocycles. The molecule has 0 radical (unpaired) electrons. The Kier molecular flexibility index (Phi) is 6.05. The van der Waals surface area contributed by atoms with Crippen LogP contribution in [0.2, 0.25) is 0 Å². The molecule has 1 aromatic carbocycles. The van der Waals surface area contributed by atoms with Gasteiger partial charge in [0.25, 0.3) is 0 Å². The van der Waals surface area contributed by atoms with Gasteiger partial charge in [-0.15, -0.1) is 0 Å². The molecule has 3 heterocycles. The number of likely N-dealkylation sites (tertiary alicyclic amines) is 1. The molecule has 6 nitrogen and oxygen atoms in total. The molecule has 1 fully saturated rings. The molecule has 4 rings (SSSR count). The lowest BCUT2D eigenvalue weighted by Gasteiger charge is -2.39. The summed E-state index contributed by atoms with van der Waals surface area (Å²) in [5.41, 5.74) is -0.813. The zero-order chi connectivity index (χ0) is 22.9. The lowest BCUT2D eigenvalue weighted by atomic mass is 9.91. The van der Waals surface area contributed by atoms with Crippen LogP contribution in [-0.4, -0.2) is 52.5 Å². The van der Waals surface area contributed by atoms with Crippen LogP contribution in [-0.2, 0) is 19.3 Å². The smallest absolute Gasteiger partial charge is 0.431 e. The number of halogens is 3. The maximum atomic E-state index is 13.6. The second-order valence-electron chi connectivity index (χ2n) is 8.21. The van der Waals surface area contributed by atoms with Gasteiger partial charge in [0.1, 0.15) is 22.8 Å². The minimum atomic E-state index is -4.53. The van der Waals surface area contributed by atoms with E-state index in [4.69, 9.17) is 9.47 Å². The van der Waals surface area contributed by atoms with Crippen molar-refractivity contribution >= 4 is 11.0 Å². The third-order valence-electron chi connectivity index (χ3n) is 6.07. The zero-order valence-corrected chi connectivity index (χ0v) is 18.0. The molecule has 1 saturated heterocycles. The van der Waals surface area contributed by atoms with Crippen LogP contribution in [0.3, 0.4) is 0 Å². The van der Waals surface area contributed by atoms with Crippen LogP contribution in [0, 0.1) is 0 Å². The first-order valence-electron chi connectivity index (χ1n) is 10.4. The monoisotopic (exact) mass is 449 g/mol. The van der Waals surface area contributed by atoms with E-state index in [-0.39, 0.29) is 12.2 Å². The largest absolute Gasteiger partial charge is 0.497 e. The summed E-state index contributed by atoms with van der Waals surface area (Å²) in [7, 11) is 3.19. The number of piperidine rings is 1. The topological polar surface area (TPSA) is 59.8 Å². The van der Waals surface area contributed by atoms with Gasteiger partial charge in [0.2, 0.25) is 0 Å². The van der Waals surface area contributed by atoms with E-state index < -0.39 is 17.5 Å². The van der Waals surface area contributed by atoms with Crippen molar-refractivity contribution in [1.82, 2.24) is 14.5 Å². The lowest BCUT2D eigenvalue weighted by molar-refractivity contribution is -0.145. The summed E-state index contributed by atoms with van der Waals surface area (Å²) in [6.07, 6.45) is -2.35. The van der Waals surface area contributed by atoms with E-state index in [1.165, 1.54) is 6.20 Å². The predicted molar refractivity (Wildman–Crippen MR) is 114 cm³/mol. The number of fused-ring (bicyclic) bond motifs is 1. The van der Waals surface area contributed by atoms with E-state index in [0.717, 1.165) is 16.2 Å². The number of ether oxygens (including phenoxy) is 2. The number of rotatable bonds is 6. The molecule has 0 saturated carbocycles. The quantitative estimate of drug-likeness (QED) is 0.614. The fourth-order valence-corrected chi connectivity index (χ4v) is 4.29. The van der Waals surface area contributed by atoms with Gasteiger partial charge in [-0.05, 0) is 37.1 Å².